The van der Waals surface area contributed by atoms with Crippen molar-refractivity contribution in [3.05, 3.63) is 94.3 Å². The fourth-order valence-corrected chi connectivity index (χ4v) is 2.56. The first-order chi connectivity index (χ1) is 12.6. The van der Waals surface area contributed by atoms with Gasteiger partial charge in [0.25, 0.3) is 5.91 Å². The van der Waals surface area contributed by atoms with Crippen LogP contribution in [0.2, 0.25) is 5.15 Å². The number of carbonyl (C=O) groups is 1. The molecule has 0 aliphatic heterocycles. The summed E-state index contributed by atoms with van der Waals surface area (Å²) in [5.41, 5.74) is 3.60. The van der Waals surface area contributed by atoms with Crippen molar-refractivity contribution in [2.45, 2.75) is 20.1 Å². The van der Waals surface area contributed by atoms with E-state index in [1.807, 2.05) is 43.3 Å². The van der Waals surface area contributed by atoms with Crippen LogP contribution in [0.1, 0.15) is 27.2 Å². The molecule has 0 fully saturated rings. The molecule has 0 saturated heterocycles. The predicted molar refractivity (Wildman–Crippen MR) is 102 cm³/mol. The van der Waals surface area contributed by atoms with Crippen molar-refractivity contribution in [2.24, 2.45) is 0 Å². The van der Waals surface area contributed by atoms with Crippen LogP contribution in [0.4, 0.5) is 0 Å². The molecule has 0 spiro atoms. The standard InChI is InChI=1S/C21H19ClN2O2/c1-15-5-7-16(8-6-15)13-23-21(25)17-9-11-19(12-10-17)26-14-18-3-2-4-20(22)24-18/h2-12H,13-14H2,1H3,(H,23,25). The summed E-state index contributed by atoms with van der Waals surface area (Å²) in [7, 11) is 0. The van der Waals surface area contributed by atoms with E-state index in [4.69, 9.17) is 16.3 Å². The Morgan fingerprint density at radius 1 is 1.04 bits per heavy atom. The molecule has 26 heavy (non-hydrogen) atoms. The van der Waals surface area contributed by atoms with Crippen LogP contribution in [0, 0.1) is 6.92 Å². The van der Waals surface area contributed by atoms with E-state index in [0.717, 1.165) is 11.3 Å². The number of aryl methyl sites for hydroxylation is 1. The second-order valence-corrected chi connectivity index (χ2v) is 6.32. The van der Waals surface area contributed by atoms with Gasteiger partial charge in [-0.25, -0.2) is 4.98 Å². The maximum Gasteiger partial charge on any atom is 0.251 e. The highest BCUT2D eigenvalue weighted by Gasteiger charge is 2.06. The SMILES string of the molecule is Cc1ccc(CNC(=O)c2ccc(OCc3cccc(Cl)n3)cc2)cc1. The van der Waals surface area contributed by atoms with Gasteiger partial charge in [0.05, 0.1) is 5.69 Å². The minimum atomic E-state index is -0.117. The molecule has 0 aliphatic carbocycles. The van der Waals surface area contributed by atoms with E-state index in [0.29, 0.717) is 29.6 Å². The minimum absolute atomic E-state index is 0.117. The first kappa shape index (κ1) is 18.0. The van der Waals surface area contributed by atoms with Crippen LogP contribution in [0.15, 0.2) is 66.7 Å². The molecule has 0 radical (unpaired) electrons. The summed E-state index contributed by atoms with van der Waals surface area (Å²) in [5.74, 6) is 0.551. The molecule has 0 aliphatic rings. The summed E-state index contributed by atoms with van der Waals surface area (Å²) in [6.07, 6.45) is 0. The van der Waals surface area contributed by atoms with Gasteiger partial charge in [0, 0.05) is 12.1 Å². The van der Waals surface area contributed by atoms with E-state index in [1.54, 1.807) is 30.3 Å². The Bertz CT molecular complexity index is 877. The summed E-state index contributed by atoms with van der Waals surface area (Å²) >= 11 is 5.85. The number of pyridine rings is 1. The number of nitrogens with zero attached hydrogens (tertiary/aromatic N) is 1. The van der Waals surface area contributed by atoms with Crippen LogP contribution < -0.4 is 10.1 Å². The summed E-state index contributed by atoms with van der Waals surface area (Å²) in [4.78, 5) is 16.4. The highest BCUT2D eigenvalue weighted by Crippen LogP contribution is 2.15. The quantitative estimate of drug-likeness (QED) is 0.651. The number of benzene rings is 2. The maximum atomic E-state index is 12.2. The predicted octanol–water partition coefficient (Wildman–Crippen LogP) is 4.55. The Morgan fingerprint density at radius 3 is 2.46 bits per heavy atom. The second-order valence-electron chi connectivity index (χ2n) is 5.93. The van der Waals surface area contributed by atoms with Crippen LogP contribution in [0.25, 0.3) is 0 Å². The highest BCUT2D eigenvalue weighted by atomic mass is 35.5. The normalized spacial score (nSPS) is 10.4. The van der Waals surface area contributed by atoms with E-state index >= 15 is 0 Å². The van der Waals surface area contributed by atoms with Crippen LogP contribution in [0.3, 0.4) is 0 Å². The largest absolute Gasteiger partial charge is 0.487 e. The van der Waals surface area contributed by atoms with Crippen LogP contribution in [-0.2, 0) is 13.2 Å². The maximum absolute atomic E-state index is 12.2. The molecule has 1 amide bonds. The monoisotopic (exact) mass is 366 g/mol. The second kappa shape index (κ2) is 8.50. The molecular weight excluding hydrogens is 348 g/mol. The molecule has 5 heteroatoms. The van der Waals surface area contributed by atoms with Crippen LogP contribution in [0.5, 0.6) is 5.75 Å². The van der Waals surface area contributed by atoms with Crippen molar-refractivity contribution in [1.82, 2.24) is 10.3 Å². The first-order valence-electron chi connectivity index (χ1n) is 8.28. The van der Waals surface area contributed by atoms with E-state index in [1.165, 1.54) is 5.56 Å². The lowest BCUT2D eigenvalue weighted by atomic mass is 10.1. The van der Waals surface area contributed by atoms with E-state index in [2.05, 4.69) is 10.3 Å². The van der Waals surface area contributed by atoms with Gasteiger partial charge in [-0.2, -0.15) is 0 Å². The number of amides is 1. The molecule has 1 aromatic heterocycles. The average molecular weight is 367 g/mol. The number of aromatic nitrogens is 1. The van der Waals surface area contributed by atoms with Gasteiger partial charge in [-0.15, -0.1) is 0 Å². The van der Waals surface area contributed by atoms with Crippen LogP contribution >= 0.6 is 11.6 Å². The molecule has 132 valence electrons. The molecular formula is C21H19ClN2O2. The topological polar surface area (TPSA) is 51.2 Å². The van der Waals surface area contributed by atoms with Crippen molar-refractivity contribution in [3.8, 4) is 5.75 Å². The number of rotatable bonds is 6. The summed E-state index contributed by atoms with van der Waals surface area (Å²) in [6, 6.07) is 20.5. The number of halogens is 1. The highest BCUT2D eigenvalue weighted by molar-refractivity contribution is 6.29. The molecule has 0 atom stereocenters. The Kier molecular flexibility index (Phi) is 5.87. The number of ether oxygens (including phenoxy) is 1. The Hall–Kier alpha value is -2.85. The molecule has 3 rings (SSSR count). The van der Waals surface area contributed by atoms with E-state index in [-0.39, 0.29) is 5.91 Å². The van der Waals surface area contributed by atoms with Gasteiger partial charge >= 0.3 is 0 Å². The number of hydrogen-bond acceptors (Lipinski definition) is 3. The van der Waals surface area contributed by atoms with Gasteiger partial charge in [0.1, 0.15) is 17.5 Å². The van der Waals surface area contributed by atoms with Crippen molar-refractivity contribution < 1.29 is 9.53 Å². The summed E-state index contributed by atoms with van der Waals surface area (Å²) < 4.78 is 5.67. The molecule has 1 heterocycles. The third-order valence-electron chi connectivity index (χ3n) is 3.85. The minimum Gasteiger partial charge on any atom is -0.487 e. The summed E-state index contributed by atoms with van der Waals surface area (Å²) in [6.45, 7) is 2.85. The summed E-state index contributed by atoms with van der Waals surface area (Å²) in [5, 5.41) is 3.35. The molecule has 4 nitrogen and oxygen atoms in total. The Labute approximate surface area is 157 Å². The van der Waals surface area contributed by atoms with Crippen molar-refractivity contribution >= 4 is 17.5 Å². The molecule has 0 unspecified atom stereocenters. The zero-order chi connectivity index (χ0) is 18.4. The number of hydrogen-bond donors (Lipinski definition) is 1. The first-order valence-corrected chi connectivity index (χ1v) is 8.66. The van der Waals surface area contributed by atoms with Crippen molar-refractivity contribution in [1.29, 1.82) is 0 Å². The van der Waals surface area contributed by atoms with Gasteiger partial charge in [0.15, 0.2) is 0 Å². The van der Waals surface area contributed by atoms with Gasteiger partial charge in [-0.05, 0) is 48.9 Å². The molecule has 3 aromatic rings. The Morgan fingerprint density at radius 2 is 1.77 bits per heavy atom. The van der Waals surface area contributed by atoms with Crippen molar-refractivity contribution in [2.75, 3.05) is 0 Å². The van der Waals surface area contributed by atoms with Gasteiger partial charge in [-0.1, -0.05) is 47.5 Å². The van der Waals surface area contributed by atoms with Gasteiger partial charge < -0.3 is 10.1 Å². The molecule has 0 bridgehead atoms. The lowest BCUT2D eigenvalue weighted by Crippen LogP contribution is -2.22. The zero-order valence-electron chi connectivity index (χ0n) is 14.4. The van der Waals surface area contributed by atoms with Gasteiger partial charge in [-0.3, -0.25) is 4.79 Å². The van der Waals surface area contributed by atoms with E-state index < -0.39 is 0 Å². The fourth-order valence-electron chi connectivity index (χ4n) is 2.38. The number of nitrogens with one attached hydrogen (secondary N) is 1. The molecule has 0 saturated carbocycles. The lowest BCUT2D eigenvalue weighted by Gasteiger charge is -2.08. The number of carbonyl (C=O) groups excluding carboxylic acids is 1. The van der Waals surface area contributed by atoms with Crippen LogP contribution in [-0.4, -0.2) is 10.9 Å². The van der Waals surface area contributed by atoms with E-state index in [9.17, 15) is 4.79 Å². The average Bonchev–Trinajstić information content (AvgIpc) is 2.66. The van der Waals surface area contributed by atoms with Crippen molar-refractivity contribution in [3.63, 3.8) is 0 Å². The lowest BCUT2D eigenvalue weighted by molar-refractivity contribution is 0.0951. The zero-order valence-corrected chi connectivity index (χ0v) is 15.2. The van der Waals surface area contributed by atoms with Gasteiger partial charge in [0.2, 0.25) is 0 Å². The third-order valence-corrected chi connectivity index (χ3v) is 4.06. The Balaban J connectivity index is 1.53. The molecule has 1 N–H and O–H groups in total. The smallest absolute Gasteiger partial charge is 0.251 e. The fraction of sp³-hybridized carbons (Fsp3) is 0.143. The molecule has 2 aromatic carbocycles. The third kappa shape index (κ3) is 5.07.